The quantitative estimate of drug-likeness (QED) is 0.762. The number of hydrogen-bond acceptors (Lipinski definition) is 2. The smallest absolute Gasteiger partial charge is 0.208 e. The lowest BCUT2D eigenvalue weighted by atomic mass is 9.76. The summed E-state index contributed by atoms with van der Waals surface area (Å²) >= 11 is 0. The Kier molecular flexibility index (Phi) is 2.01. The summed E-state index contributed by atoms with van der Waals surface area (Å²) < 4.78 is 5.85. The van der Waals surface area contributed by atoms with Gasteiger partial charge in [0.15, 0.2) is 0 Å². The van der Waals surface area contributed by atoms with Crippen molar-refractivity contribution in [3.05, 3.63) is 42.0 Å². The molecule has 2 aromatic carbocycles. The summed E-state index contributed by atoms with van der Waals surface area (Å²) in [6, 6.07) is 12.5. The van der Waals surface area contributed by atoms with Crippen LogP contribution in [0.2, 0.25) is 0 Å². The highest BCUT2D eigenvalue weighted by Crippen LogP contribution is 2.49. The third-order valence-electron chi connectivity index (χ3n) is 4.32. The van der Waals surface area contributed by atoms with Crippen molar-refractivity contribution in [2.75, 3.05) is 0 Å². The first-order valence-electron chi connectivity index (χ1n) is 6.68. The summed E-state index contributed by atoms with van der Waals surface area (Å²) in [6.45, 7) is 0. The Morgan fingerprint density at radius 1 is 1.17 bits per heavy atom. The maximum absolute atomic E-state index is 10.4. The fourth-order valence-corrected chi connectivity index (χ4v) is 3.54. The van der Waals surface area contributed by atoms with Crippen molar-refractivity contribution in [1.29, 1.82) is 0 Å². The van der Waals surface area contributed by atoms with Gasteiger partial charge in [-0.25, -0.2) is 0 Å². The van der Waals surface area contributed by atoms with Crippen molar-refractivity contribution in [3.8, 4) is 5.75 Å². The zero-order valence-corrected chi connectivity index (χ0v) is 10.2. The molecular formula is C16H16O2. The Hall–Kier alpha value is -1.54. The Morgan fingerprint density at radius 3 is 3.00 bits per heavy atom. The molecule has 1 fully saturated rings. The second-order valence-corrected chi connectivity index (χ2v) is 5.54. The van der Waals surface area contributed by atoms with E-state index in [1.165, 1.54) is 16.3 Å². The molecule has 2 bridgehead atoms. The van der Waals surface area contributed by atoms with Crippen molar-refractivity contribution in [2.45, 2.75) is 37.4 Å². The molecule has 1 N–H and O–H groups in total. The largest absolute Gasteiger partial charge is 0.462 e. The van der Waals surface area contributed by atoms with Crippen molar-refractivity contribution < 1.29 is 9.84 Å². The molecule has 1 aliphatic carbocycles. The standard InChI is InChI=1S/C16H16O2/c17-16-9-3-5-12(10-16)15-13-6-2-1-4-11(13)7-8-14(15)18-16/h1-2,4,6-8,12,17H,3,5,9-10H2/t12-,16+/m0/s1. The fourth-order valence-electron chi connectivity index (χ4n) is 3.54. The van der Waals surface area contributed by atoms with E-state index in [9.17, 15) is 5.11 Å². The van der Waals surface area contributed by atoms with E-state index >= 15 is 0 Å². The number of aliphatic hydroxyl groups is 1. The second-order valence-electron chi connectivity index (χ2n) is 5.54. The molecular weight excluding hydrogens is 224 g/mol. The van der Waals surface area contributed by atoms with E-state index in [-0.39, 0.29) is 0 Å². The van der Waals surface area contributed by atoms with Crippen molar-refractivity contribution in [1.82, 2.24) is 0 Å². The number of hydrogen-bond donors (Lipinski definition) is 1. The van der Waals surface area contributed by atoms with Crippen LogP contribution < -0.4 is 4.74 Å². The summed E-state index contributed by atoms with van der Waals surface area (Å²) in [6.07, 6.45) is 3.71. The molecule has 1 saturated carbocycles. The third kappa shape index (κ3) is 1.39. The van der Waals surface area contributed by atoms with Crippen LogP contribution in [0.25, 0.3) is 10.8 Å². The van der Waals surface area contributed by atoms with Gasteiger partial charge in [-0.1, -0.05) is 30.3 Å². The van der Waals surface area contributed by atoms with Crippen LogP contribution in [0.1, 0.15) is 37.2 Å². The van der Waals surface area contributed by atoms with Gasteiger partial charge in [-0.2, -0.15) is 0 Å². The van der Waals surface area contributed by atoms with E-state index in [2.05, 4.69) is 30.3 Å². The van der Waals surface area contributed by atoms with Crippen LogP contribution in [0.3, 0.4) is 0 Å². The molecule has 0 amide bonds. The molecule has 0 saturated heterocycles. The lowest BCUT2D eigenvalue weighted by Crippen LogP contribution is -2.43. The van der Waals surface area contributed by atoms with Crippen LogP contribution in [0.15, 0.2) is 36.4 Å². The van der Waals surface area contributed by atoms with Crippen LogP contribution in [-0.4, -0.2) is 10.9 Å². The van der Waals surface area contributed by atoms with Crippen LogP contribution in [-0.2, 0) is 0 Å². The number of benzene rings is 2. The first kappa shape index (κ1) is 10.4. The van der Waals surface area contributed by atoms with Crippen molar-refractivity contribution in [3.63, 3.8) is 0 Å². The SMILES string of the molecule is O[C@@]12CCC[C@@H](C1)c1c(ccc3ccccc13)O2. The van der Waals surface area contributed by atoms with E-state index in [0.717, 1.165) is 31.4 Å². The Morgan fingerprint density at radius 2 is 2.06 bits per heavy atom. The molecule has 1 heterocycles. The summed E-state index contributed by atoms with van der Waals surface area (Å²) in [5.41, 5.74) is 1.30. The van der Waals surface area contributed by atoms with E-state index < -0.39 is 5.79 Å². The molecule has 0 unspecified atom stereocenters. The van der Waals surface area contributed by atoms with Gasteiger partial charge in [0.2, 0.25) is 5.79 Å². The lowest BCUT2D eigenvalue weighted by molar-refractivity contribution is -0.172. The van der Waals surface area contributed by atoms with Crippen molar-refractivity contribution in [2.24, 2.45) is 0 Å². The Labute approximate surface area is 106 Å². The molecule has 2 aliphatic rings. The molecule has 4 rings (SSSR count). The molecule has 18 heavy (non-hydrogen) atoms. The minimum atomic E-state index is -0.918. The van der Waals surface area contributed by atoms with Gasteiger partial charge in [0, 0.05) is 18.4 Å². The molecule has 0 aromatic heterocycles. The molecule has 0 radical (unpaired) electrons. The van der Waals surface area contributed by atoms with Crippen LogP contribution >= 0.6 is 0 Å². The first-order valence-corrected chi connectivity index (χ1v) is 6.68. The molecule has 0 spiro atoms. The van der Waals surface area contributed by atoms with Gasteiger partial charge in [0.25, 0.3) is 0 Å². The molecule has 2 aromatic rings. The van der Waals surface area contributed by atoms with Gasteiger partial charge in [-0.3, -0.25) is 0 Å². The van der Waals surface area contributed by atoms with Gasteiger partial charge in [0.05, 0.1) is 0 Å². The normalized spacial score (nSPS) is 29.7. The molecule has 1 aliphatic heterocycles. The average molecular weight is 240 g/mol. The Bertz CT molecular complexity index is 620. The minimum absolute atomic E-state index is 0.443. The lowest BCUT2D eigenvalue weighted by Gasteiger charge is -2.42. The molecule has 2 nitrogen and oxygen atoms in total. The maximum atomic E-state index is 10.4. The minimum Gasteiger partial charge on any atom is -0.462 e. The van der Waals surface area contributed by atoms with Gasteiger partial charge in [0.1, 0.15) is 5.75 Å². The zero-order valence-electron chi connectivity index (χ0n) is 10.2. The molecule has 2 atom stereocenters. The number of ether oxygens (including phenoxy) is 1. The first-order chi connectivity index (χ1) is 8.75. The predicted molar refractivity (Wildman–Crippen MR) is 70.7 cm³/mol. The van der Waals surface area contributed by atoms with E-state index in [1.807, 2.05) is 6.07 Å². The average Bonchev–Trinajstić information content (AvgIpc) is 2.37. The molecule has 2 heteroatoms. The van der Waals surface area contributed by atoms with Crippen LogP contribution in [0.5, 0.6) is 5.75 Å². The van der Waals surface area contributed by atoms with Gasteiger partial charge >= 0.3 is 0 Å². The summed E-state index contributed by atoms with van der Waals surface area (Å²) in [5.74, 6) is 0.406. The van der Waals surface area contributed by atoms with Crippen LogP contribution in [0.4, 0.5) is 0 Å². The van der Waals surface area contributed by atoms with E-state index in [1.54, 1.807) is 0 Å². The van der Waals surface area contributed by atoms with E-state index in [0.29, 0.717) is 5.92 Å². The van der Waals surface area contributed by atoms with Crippen molar-refractivity contribution >= 4 is 10.8 Å². The zero-order chi connectivity index (χ0) is 12.2. The van der Waals surface area contributed by atoms with E-state index in [4.69, 9.17) is 4.74 Å². The Balaban J connectivity index is 1.99. The highest BCUT2D eigenvalue weighted by molar-refractivity contribution is 5.88. The summed E-state index contributed by atoms with van der Waals surface area (Å²) in [5, 5.41) is 12.9. The second kappa shape index (κ2) is 3.48. The fraction of sp³-hybridized carbons (Fsp3) is 0.375. The topological polar surface area (TPSA) is 29.5 Å². The predicted octanol–water partition coefficient (Wildman–Crippen LogP) is 3.58. The molecule has 92 valence electrons. The monoisotopic (exact) mass is 240 g/mol. The van der Waals surface area contributed by atoms with Gasteiger partial charge in [-0.05, 0) is 35.6 Å². The van der Waals surface area contributed by atoms with Gasteiger partial charge < -0.3 is 9.84 Å². The maximum Gasteiger partial charge on any atom is 0.208 e. The number of rotatable bonds is 0. The third-order valence-corrected chi connectivity index (χ3v) is 4.32. The van der Waals surface area contributed by atoms with Crippen LogP contribution in [0, 0.1) is 0 Å². The number of fused-ring (bicyclic) bond motifs is 6. The summed E-state index contributed by atoms with van der Waals surface area (Å²) in [4.78, 5) is 0. The highest BCUT2D eigenvalue weighted by Gasteiger charge is 2.42. The van der Waals surface area contributed by atoms with Gasteiger partial charge in [-0.15, -0.1) is 0 Å². The summed E-state index contributed by atoms with van der Waals surface area (Å²) in [7, 11) is 0. The highest BCUT2D eigenvalue weighted by atomic mass is 16.6.